The lowest BCUT2D eigenvalue weighted by Crippen LogP contribution is -1.99. The number of esters is 1. The molecule has 0 heterocycles. The molecule has 0 aromatic carbocycles. The quantitative estimate of drug-likeness (QED) is 0.300. The maximum absolute atomic E-state index is 10.5. The van der Waals surface area contributed by atoms with Crippen molar-refractivity contribution in [2.75, 3.05) is 6.61 Å². The number of rotatable bonds is 11. The number of carbonyl (C=O) groups excluding carboxylic acids is 1. The molecule has 0 radical (unpaired) electrons. The molecule has 0 amide bonds. The predicted octanol–water partition coefficient (Wildman–Crippen LogP) is 4.80. The Balaban J connectivity index is 3.11. The minimum Gasteiger partial charge on any atom is -0.466 e. The fourth-order valence-electron chi connectivity index (χ4n) is 1.67. The standard InChI is InChI=1S/C16H28O2/c1-3-4-5-6-7-8-9-10-11-12-13-14-15-18-16(2)17/h4-5,7-8H,3,6,9-15H2,1-2H3/b5-4+,8-7+. The highest BCUT2D eigenvalue weighted by Crippen LogP contribution is 2.06. The van der Waals surface area contributed by atoms with Gasteiger partial charge in [0.25, 0.3) is 0 Å². The number of hydrogen-bond donors (Lipinski definition) is 0. The lowest BCUT2D eigenvalue weighted by molar-refractivity contribution is -0.141. The smallest absolute Gasteiger partial charge is 0.302 e. The first-order valence-corrected chi connectivity index (χ1v) is 7.20. The Morgan fingerprint density at radius 3 is 2.33 bits per heavy atom. The number of unbranched alkanes of at least 4 members (excludes halogenated alkanes) is 5. The van der Waals surface area contributed by atoms with E-state index in [-0.39, 0.29) is 5.97 Å². The van der Waals surface area contributed by atoms with Crippen LogP contribution in [0, 0.1) is 0 Å². The largest absolute Gasteiger partial charge is 0.466 e. The van der Waals surface area contributed by atoms with Crippen LogP contribution in [0.4, 0.5) is 0 Å². The van der Waals surface area contributed by atoms with Crippen molar-refractivity contribution in [1.82, 2.24) is 0 Å². The van der Waals surface area contributed by atoms with Crippen molar-refractivity contribution < 1.29 is 9.53 Å². The summed E-state index contributed by atoms with van der Waals surface area (Å²) in [7, 11) is 0. The zero-order valence-electron chi connectivity index (χ0n) is 12.0. The third kappa shape index (κ3) is 14.9. The van der Waals surface area contributed by atoms with Crippen LogP contribution in [0.2, 0.25) is 0 Å². The van der Waals surface area contributed by atoms with Crippen molar-refractivity contribution in [3.63, 3.8) is 0 Å². The summed E-state index contributed by atoms with van der Waals surface area (Å²) >= 11 is 0. The van der Waals surface area contributed by atoms with E-state index in [1.54, 1.807) is 0 Å². The molecule has 0 aliphatic heterocycles. The summed E-state index contributed by atoms with van der Waals surface area (Å²) in [5.74, 6) is -0.169. The van der Waals surface area contributed by atoms with E-state index < -0.39 is 0 Å². The highest BCUT2D eigenvalue weighted by Gasteiger charge is 1.93. The number of hydrogen-bond acceptors (Lipinski definition) is 2. The zero-order valence-corrected chi connectivity index (χ0v) is 12.0. The van der Waals surface area contributed by atoms with E-state index in [9.17, 15) is 4.79 Å². The van der Waals surface area contributed by atoms with E-state index in [0.29, 0.717) is 6.61 Å². The molecule has 0 rings (SSSR count). The van der Waals surface area contributed by atoms with Crippen molar-refractivity contribution in [3.8, 4) is 0 Å². The summed E-state index contributed by atoms with van der Waals surface area (Å²) < 4.78 is 4.88. The van der Waals surface area contributed by atoms with Gasteiger partial charge in [0, 0.05) is 6.92 Å². The van der Waals surface area contributed by atoms with Gasteiger partial charge in [-0.2, -0.15) is 0 Å². The van der Waals surface area contributed by atoms with E-state index in [0.717, 1.165) is 25.7 Å². The van der Waals surface area contributed by atoms with Crippen LogP contribution in [0.15, 0.2) is 24.3 Å². The Bertz CT molecular complexity index is 241. The van der Waals surface area contributed by atoms with Crippen molar-refractivity contribution in [2.45, 2.75) is 65.2 Å². The molecule has 0 unspecified atom stereocenters. The second-order valence-corrected chi connectivity index (χ2v) is 4.48. The highest BCUT2D eigenvalue weighted by atomic mass is 16.5. The van der Waals surface area contributed by atoms with Gasteiger partial charge in [0.05, 0.1) is 6.61 Å². The van der Waals surface area contributed by atoms with Crippen LogP contribution in [-0.4, -0.2) is 12.6 Å². The van der Waals surface area contributed by atoms with Gasteiger partial charge in [0.1, 0.15) is 0 Å². The Labute approximate surface area is 112 Å². The Kier molecular flexibility index (Phi) is 13.2. The third-order valence-corrected chi connectivity index (χ3v) is 2.66. The minimum absolute atomic E-state index is 0.169. The van der Waals surface area contributed by atoms with Crippen LogP contribution in [0.5, 0.6) is 0 Å². The Morgan fingerprint density at radius 2 is 1.61 bits per heavy atom. The number of carbonyl (C=O) groups is 1. The van der Waals surface area contributed by atoms with E-state index in [4.69, 9.17) is 4.74 Å². The first-order valence-electron chi connectivity index (χ1n) is 7.20. The summed E-state index contributed by atoms with van der Waals surface area (Å²) in [5, 5.41) is 0. The first kappa shape index (κ1) is 16.9. The van der Waals surface area contributed by atoms with Gasteiger partial charge in [-0.15, -0.1) is 0 Å². The van der Waals surface area contributed by atoms with Gasteiger partial charge in [-0.25, -0.2) is 0 Å². The number of allylic oxidation sites excluding steroid dienone is 4. The van der Waals surface area contributed by atoms with Crippen LogP contribution >= 0.6 is 0 Å². The van der Waals surface area contributed by atoms with Gasteiger partial charge in [-0.1, -0.05) is 50.5 Å². The fraction of sp³-hybridized carbons (Fsp3) is 0.688. The van der Waals surface area contributed by atoms with Crippen molar-refractivity contribution in [3.05, 3.63) is 24.3 Å². The molecule has 0 aromatic rings. The SMILES string of the molecule is CC/C=C/C/C=C/CCCCCCCOC(C)=O. The maximum atomic E-state index is 10.5. The zero-order chi connectivity index (χ0) is 13.5. The lowest BCUT2D eigenvalue weighted by Gasteiger charge is -2.01. The Hall–Kier alpha value is -1.05. The van der Waals surface area contributed by atoms with Crippen LogP contribution in [-0.2, 0) is 9.53 Å². The van der Waals surface area contributed by atoms with Crippen LogP contribution < -0.4 is 0 Å². The van der Waals surface area contributed by atoms with Gasteiger partial charge in [0.2, 0.25) is 0 Å². The van der Waals surface area contributed by atoms with Gasteiger partial charge >= 0.3 is 5.97 Å². The topological polar surface area (TPSA) is 26.3 Å². The predicted molar refractivity (Wildman–Crippen MR) is 77.5 cm³/mol. The van der Waals surface area contributed by atoms with Gasteiger partial charge in [-0.05, 0) is 32.1 Å². The molecule has 0 aliphatic carbocycles. The molecule has 0 aliphatic rings. The molecule has 2 heteroatoms. The normalized spacial score (nSPS) is 11.4. The summed E-state index contributed by atoms with van der Waals surface area (Å²) in [6.45, 7) is 4.20. The van der Waals surface area contributed by atoms with Crippen LogP contribution in [0.1, 0.15) is 65.2 Å². The summed E-state index contributed by atoms with van der Waals surface area (Å²) in [6, 6.07) is 0. The van der Waals surface area contributed by atoms with E-state index in [1.807, 2.05) is 0 Å². The summed E-state index contributed by atoms with van der Waals surface area (Å²) in [5.41, 5.74) is 0. The van der Waals surface area contributed by atoms with Gasteiger partial charge < -0.3 is 4.74 Å². The molecule has 104 valence electrons. The highest BCUT2D eigenvalue weighted by molar-refractivity contribution is 5.65. The number of ether oxygens (including phenoxy) is 1. The molecule has 2 nitrogen and oxygen atoms in total. The molecular formula is C16H28O2. The van der Waals surface area contributed by atoms with Crippen molar-refractivity contribution in [2.24, 2.45) is 0 Å². The Morgan fingerprint density at radius 1 is 0.944 bits per heavy atom. The average Bonchev–Trinajstić information content (AvgIpc) is 2.34. The van der Waals surface area contributed by atoms with Crippen LogP contribution in [0.3, 0.4) is 0 Å². The molecule has 0 bridgehead atoms. The molecule has 0 atom stereocenters. The molecular weight excluding hydrogens is 224 g/mol. The molecule has 18 heavy (non-hydrogen) atoms. The third-order valence-electron chi connectivity index (χ3n) is 2.66. The molecule has 0 saturated heterocycles. The van der Waals surface area contributed by atoms with E-state index >= 15 is 0 Å². The van der Waals surface area contributed by atoms with Crippen LogP contribution in [0.25, 0.3) is 0 Å². The van der Waals surface area contributed by atoms with Gasteiger partial charge in [-0.3, -0.25) is 4.79 Å². The first-order chi connectivity index (χ1) is 8.77. The van der Waals surface area contributed by atoms with Crippen molar-refractivity contribution in [1.29, 1.82) is 0 Å². The molecule has 0 fully saturated rings. The fourth-order valence-corrected chi connectivity index (χ4v) is 1.67. The van der Waals surface area contributed by atoms with E-state index in [2.05, 4.69) is 31.2 Å². The maximum Gasteiger partial charge on any atom is 0.302 e. The second kappa shape index (κ2) is 14.0. The van der Waals surface area contributed by atoms with Gasteiger partial charge in [0.15, 0.2) is 0 Å². The second-order valence-electron chi connectivity index (χ2n) is 4.48. The summed E-state index contributed by atoms with van der Waals surface area (Å²) in [4.78, 5) is 10.5. The monoisotopic (exact) mass is 252 g/mol. The van der Waals surface area contributed by atoms with Crippen molar-refractivity contribution >= 4 is 5.97 Å². The molecule has 0 aromatic heterocycles. The minimum atomic E-state index is -0.169. The summed E-state index contributed by atoms with van der Waals surface area (Å²) in [6.07, 6.45) is 18.3. The average molecular weight is 252 g/mol. The molecule has 0 N–H and O–H groups in total. The van der Waals surface area contributed by atoms with E-state index in [1.165, 1.54) is 32.6 Å². The molecule has 0 spiro atoms. The lowest BCUT2D eigenvalue weighted by atomic mass is 10.1. The molecule has 0 saturated carbocycles.